The number of benzene rings is 2. The number of amides is 1. The number of aryl methyl sites for hydroxylation is 2. The second kappa shape index (κ2) is 8.27. The summed E-state index contributed by atoms with van der Waals surface area (Å²) in [7, 11) is 0. The number of carbonyl (C=O) groups excluding carboxylic acids is 1. The second-order valence-electron chi connectivity index (χ2n) is 7.78. The van der Waals surface area contributed by atoms with Crippen molar-refractivity contribution < 1.29 is 22.4 Å². The lowest BCUT2D eigenvalue weighted by Gasteiger charge is -2.17. The molecule has 2 aromatic heterocycles. The Hall–Kier alpha value is -3.82. The van der Waals surface area contributed by atoms with Crippen LogP contribution in [0.25, 0.3) is 16.8 Å². The molecule has 0 aliphatic carbocycles. The maximum atomic E-state index is 13.8. The van der Waals surface area contributed by atoms with E-state index in [1.54, 1.807) is 44.2 Å². The molecule has 172 valence electrons. The Balaban J connectivity index is 1.59. The minimum Gasteiger partial charge on any atom is -0.408 e. The summed E-state index contributed by atoms with van der Waals surface area (Å²) in [5.41, 5.74) is 1.44. The quantitative estimate of drug-likeness (QED) is 0.484. The highest BCUT2D eigenvalue weighted by molar-refractivity contribution is 5.82. The summed E-state index contributed by atoms with van der Waals surface area (Å²) in [6, 6.07) is 11.2. The molecule has 0 aliphatic heterocycles. The molecular formula is C23H21F3N4O3. The first-order valence-electron chi connectivity index (χ1n) is 10.2. The van der Waals surface area contributed by atoms with Crippen molar-refractivity contribution in [2.75, 3.05) is 0 Å². The average molecular weight is 458 g/mol. The predicted molar refractivity (Wildman–Crippen MR) is 115 cm³/mol. The van der Waals surface area contributed by atoms with Gasteiger partial charge in [-0.25, -0.2) is 9.48 Å². The Labute approximate surface area is 186 Å². The fourth-order valence-electron chi connectivity index (χ4n) is 3.80. The maximum absolute atomic E-state index is 13.8. The van der Waals surface area contributed by atoms with Crippen LogP contribution in [0.5, 0.6) is 0 Å². The number of hydrogen-bond donors (Lipinski definition) is 1. The van der Waals surface area contributed by atoms with Crippen LogP contribution < -0.4 is 11.1 Å². The van der Waals surface area contributed by atoms with E-state index in [0.29, 0.717) is 22.5 Å². The first-order chi connectivity index (χ1) is 15.6. The van der Waals surface area contributed by atoms with Crippen molar-refractivity contribution in [3.63, 3.8) is 0 Å². The Morgan fingerprint density at radius 2 is 1.88 bits per heavy atom. The summed E-state index contributed by atoms with van der Waals surface area (Å²) in [6.45, 7) is 4.63. The standard InChI is InChI=1S/C23H21F3N4O3/c1-13-10-14(2)30(28-13)17-9-8-16(18(11-17)23(24,25)26)12-27-21(31)15(3)29-19-6-4-5-7-20(19)33-22(29)32/h4-11,15H,12H2,1-3H3,(H,27,31). The van der Waals surface area contributed by atoms with E-state index in [9.17, 15) is 22.8 Å². The van der Waals surface area contributed by atoms with E-state index in [0.717, 1.165) is 6.07 Å². The lowest BCUT2D eigenvalue weighted by Crippen LogP contribution is -2.34. The summed E-state index contributed by atoms with van der Waals surface area (Å²) < 4.78 is 49.1. The molecule has 1 amide bonds. The van der Waals surface area contributed by atoms with Gasteiger partial charge in [0.2, 0.25) is 5.91 Å². The van der Waals surface area contributed by atoms with Gasteiger partial charge in [0.15, 0.2) is 5.58 Å². The zero-order valence-corrected chi connectivity index (χ0v) is 18.1. The number of halogens is 3. The summed E-state index contributed by atoms with van der Waals surface area (Å²) in [5, 5.41) is 6.73. The van der Waals surface area contributed by atoms with E-state index in [2.05, 4.69) is 10.4 Å². The minimum atomic E-state index is -4.63. The summed E-state index contributed by atoms with van der Waals surface area (Å²) in [6.07, 6.45) is -4.63. The molecule has 2 heterocycles. The molecule has 0 spiro atoms. The van der Waals surface area contributed by atoms with Gasteiger partial charge in [0.05, 0.1) is 22.5 Å². The van der Waals surface area contributed by atoms with Crippen LogP contribution in [0.2, 0.25) is 0 Å². The molecule has 0 radical (unpaired) electrons. The molecule has 0 fully saturated rings. The maximum Gasteiger partial charge on any atom is 0.420 e. The number of hydrogen-bond acceptors (Lipinski definition) is 4. The van der Waals surface area contributed by atoms with Gasteiger partial charge >= 0.3 is 11.9 Å². The van der Waals surface area contributed by atoms with Gasteiger partial charge in [-0.3, -0.25) is 9.36 Å². The zero-order chi connectivity index (χ0) is 23.9. The Bertz CT molecular complexity index is 1400. The number of fused-ring (bicyclic) bond motifs is 1. The van der Waals surface area contributed by atoms with Crippen LogP contribution >= 0.6 is 0 Å². The second-order valence-corrected chi connectivity index (χ2v) is 7.78. The predicted octanol–water partition coefficient (Wildman–Crippen LogP) is 4.29. The molecule has 1 N–H and O–H groups in total. The third-order valence-electron chi connectivity index (χ3n) is 5.39. The number of rotatable bonds is 5. The molecule has 0 aliphatic rings. The van der Waals surface area contributed by atoms with Gasteiger partial charge in [0, 0.05) is 12.2 Å². The normalized spacial score (nSPS) is 12.8. The van der Waals surface area contributed by atoms with Crippen molar-refractivity contribution in [1.82, 2.24) is 19.7 Å². The highest BCUT2D eigenvalue weighted by Crippen LogP contribution is 2.34. The lowest BCUT2D eigenvalue weighted by atomic mass is 10.1. The van der Waals surface area contributed by atoms with Crippen molar-refractivity contribution in [2.45, 2.75) is 39.5 Å². The molecule has 0 saturated carbocycles. The summed E-state index contributed by atoms with van der Waals surface area (Å²) >= 11 is 0. The van der Waals surface area contributed by atoms with E-state index in [4.69, 9.17) is 4.42 Å². The number of carbonyl (C=O) groups is 1. The van der Waals surface area contributed by atoms with Gasteiger partial charge in [-0.05, 0) is 56.7 Å². The van der Waals surface area contributed by atoms with Crippen molar-refractivity contribution >= 4 is 17.0 Å². The van der Waals surface area contributed by atoms with Gasteiger partial charge in [-0.1, -0.05) is 18.2 Å². The number of oxazole rings is 1. The van der Waals surface area contributed by atoms with Gasteiger partial charge in [0.25, 0.3) is 0 Å². The third kappa shape index (κ3) is 4.28. The molecule has 2 aromatic carbocycles. The number of nitrogens with zero attached hydrogens (tertiary/aromatic N) is 3. The smallest absolute Gasteiger partial charge is 0.408 e. The Morgan fingerprint density at radius 1 is 1.15 bits per heavy atom. The van der Waals surface area contributed by atoms with Crippen molar-refractivity contribution in [3.8, 4) is 5.69 Å². The summed E-state index contributed by atoms with van der Waals surface area (Å²) in [5.74, 6) is -1.33. The van der Waals surface area contributed by atoms with Crippen LogP contribution in [0.15, 0.2) is 57.7 Å². The number of para-hydroxylation sites is 2. The molecule has 4 aromatic rings. The molecule has 4 rings (SSSR count). The van der Waals surface area contributed by atoms with Crippen LogP contribution in [0.3, 0.4) is 0 Å². The molecule has 1 unspecified atom stereocenters. The first-order valence-corrected chi connectivity index (χ1v) is 10.2. The highest BCUT2D eigenvalue weighted by atomic mass is 19.4. The molecule has 7 nitrogen and oxygen atoms in total. The number of alkyl halides is 3. The molecule has 33 heavy (non-hydrogen) atoms. The van der Waals surface area contributed by atoms with Crippen molar-refractivity contribution in [2.24, 2.45) is 0 Å². The number of aromatic nitrogens is 3. The molecule has 0 bridgehead atoms. The van der Waals surface area contributed by atoms with Gasteiger partial charge in [0.1, 0.15) is 6.04 Å². The zero-order valence-electron chi connectivity index (χ0n) is 18.1. The van der Waals surface area contributed by atoms with Crippen LogP contribution in [-0.2, 0) is 17.5 Å². The number of nitrogens with one attached hydrogen (secondary N) is 1. The van der Waals surface area contributed by atoms with E-state index in [1.807, 2.05) is 0 Å². The topological polar surface area (TPSA) is 82.1 Å². The van der Waals surface area contributed by atoms with E-state index < -0.39 is 29.4 Å². The lowest BCUT2D eigenvalue weighted by molar-refractivity contribution is -0.138. The van der Waals surface area contributed by atoms with Gasteiger partial charge in [-0.2, -0.15) is 18.3 Å². The van der Waals surface area contributed by atoms with Crippen molar-refractivity contribution in [3.05, 3.63) is 81.6 Å². The monoisotopic (exact) mass is 458 g/mol. The van der Waals surface area contributed by atoms with Crippen LogP contribution in [0.1, 0.15) is 35.5 Å². The van der Waals surface area contributed by atoms with E-state index >= 15 is 0 Å². The van der Waals surface area contributed by atoms with Gasteiger partial charge in [-0.15, -0.1) is 0 Å². The molecule has 10 heteroatoms. The largest absolute Gasteiger partial charge is 0.420 e. The fraction of sp³-hybridized carbons (Fsp3) is 0.261. The molecule has 1 atom stereocenters. The Morgan fingerprint density at radius 3 is 2.55 bits per heavy atom. The molecular weight excluding hydrogens is 437 g/mol. The fourth-order valence-corrected chi connectivity index (χ4v) is 3.80. The van der Waals surface area contributed by atoms with Crippen LogP contribution in [0.4, 0.5) is 13.2 Å². The van der Waals surface area contributed by atoms with E-state index in [-0.39, 0.29) is 17.8 Å². The SMILES string of the molecule is Cc1cc(C)n(-c2ccc(CNC(=O)C(C)n3c(=O)oc4ccccc43)c(C(F)(F)F)c2)n1. The van der Waals surface area contributed by atoms with Gasteiger partial charge < -0.3 is 9.73 Å². The van der Waals surface area contributed by atoms with E-state index in [1.165, 1.54) is 28.3 Å². The molecule has 0 saturated heterocycles. The third-order valence-corrected chi connectivity index (χ3v) is 5.39. The average Bonchev–Trinajstić information content (AvgIpc) is 3.27. The highest BCUT2D eigenvalue weighted by Gasteiger charge is 2.34. The van der Waals surface area contributed by atoms with Crippen LogP contribution in [0, 0.1) is 13.8 Å². The van der Waals surface area contributed by atoms with Crippen LogP contribution in [-0.4, -0.2) is 20.3 Å². The van der Waals surface area contributed by atoms with Crippen molar-refractivity contribution in [1.29, 1.82) is 0 Å². The summed E-state index contributed by atoms with van der Waals surface area (Å²) in [4.78, 5) is 24.9. The Kier molecular flexibility index (Phi) is 5.61. The first kappa shape index (κ1) is 22.4. The minimum absolute atomic E-state index is 0.0993.